The smallest absolute Gasteiger partial charge is 0.335 e. The van der Waals surface area contributed by atoms with Crippen molar-refractivity contribution in [2.75, 3.05) is 0 Å². The van der Waals surface area contributed by atoms with Crippen LogP contribution in [0.4, 0.5) is 0 Å². The zero-order chi connectivity index (χ0) is 20.5. The highest BCUT2D eigenvalue weighted by Crippen LogP contribution is 2.44. The highest BCUT2D eigenvalue weighted by molar-refractivity contribution is 6.00. The molecular weight excluding hydrogens is 366 g/mol. The van der Waals surface area contributed by atoms with Gasteiger partial charge in [-0.3, -0.25) is 4.79 Å². The maximum absolute atomic E-state index is 12.6. The van der Waals surface area contributed by atoms with Crippen LogP contribution in [0.3, 0.4) is 0 Å². The lowest BCUT2D eigenvalue weighted by Crippen LogP contribution is -2.13. The van der Waals surface area contributed by atoms with E-state index in [0.29, 0.717) is 11.5 Å². The van der Waals surface area contributed by atoms with Gasteiger partial charge in [-0.15, -0.1) is 0 Å². The lowest BCUT2D eigenvalue weighted by atomic mass is 9.82. The van der Waals surface area contributed by atoms with E-state index in [1.54, 1.807) is 31.6 Å². The Bertz CT molecular complexity index is 1080. The number of allylic oxidation sites excluding steroid dienone is 1. The van der Waals surface area contributed by atoms with E-state index in [0.717, 1.165) is 35.0 Å². The third-order valence-electron chi connectivity index (χ3n) is 5.94. The Hall–Kier alpha value is -3.08. The van der Waals surface area contributed by atoms with E-state index in [1.165, 1.54) is 24.8 Å². The van der Waals surface area contributed by atoms with Crippen LogP contribution in [0.25, 0.3) is 22.2 Å². The molecule has 2 heterocycles. The van der Waals surface area contributed by atoms with Crippen LogP contribution >= 0.6 is 0 Å². The maximum Gasteiger partial charge on any atom is 0.335 e. The number of carbonyl (C=O) groups is 2. The Kier molecular flexibility index (Phi) is 5.14. The molecule has 1 saturated carbocycles. The molecule has 0 atom stereocenters. The molecule has 3 aromatic rings. The average Bonchev–Trinajstić information content (AvgIpc) is 3.34. The molecule has 0 aliphatic heterocycles. The number of nitrogens with zero attached hydrogens (tertiary/aromatic N) is 1. The standard InChI is InChI=1S/C24H25NO4/c1-15(2)21(26)13-25-20-12-17(24(27)28)8-9-19(20)22(16-6-4-3-5-7-16)23(25)18-10-11-29-14-18/h8-12,14,16H,1,3-7,13H2,2H3,(H,27,28). The zero-order valence-corrected chi connectivity index (χ0v) is 16.6. The van der Waals surface area contributed by atoms with Crippen LogP contribution in [0.2, 0.25) is 0 Å². The van der Waals surface area contributed by atoms with E-state index in [4.69, 9.17) is 4.42 Å². The quantitative estimate of drug-likeness (QED) is 0.540. The summed E-state index contributed by atoms with van der Waals surface area (Å²) in [5.41, 5.74) is 4.54. The van der Waals surface area contributed by atoms with Crippen LogP contribution in [-0.4, -0.2) is 21.4 Å². The summed E-state index contributed by atoms with van der Waals surface area (Å²) in [6.45, 7) is 5.62. The normalized spacial score (nSPS) is 14.9. The number of hydrogen-bond donors (Lipinski definition) is 1. The van der Waals surface area contributed by atoms with Gasteiger partial charge in [0.15, 0.2) is 5.78 Å². The largest absolute Gasteiger partial charge is 0.478 e. The van der Waals surface area contributed by atoms with Gasteiger partial charge in [0.25, 0.3) is 0 Å². The lowest BCUT2D eigenvalue weighted by molar-refractivity contribution is -0.115. The third-order valence-corrected chi connectivity index (χ3v) is 5.94. The fourth-order valence-electron chi connectivity index (χ4n) is 4.47. The van der Waals surface area contributed by atoms with Crippen LogP contribution in [-0.2, 0) is 11.3 Å². The number of carbonyl (C=O) groups excluding carboxylic acids is 1. The van der Waals surface area contributed by atoms with Gasteiger partial charge in [-0.25, -0.2) is 4.79 Å². The summed E-state index contributed by atoms with van der Waals surface area (Å²) in [5, 5.41) is 10.5. The van der Waals surface area contributed by atoms with Crippen molar-refractivity contribution in [1.29, 1.82) is 0 Å². The monoisotopic (exact) mass is 391 g/mol. The number of benzene rings is 1. The van der Waals surface area contributed by atoms with Crippen LogP contribution in [0.1, 0.15) is 60.9 Å². The molecule has 2 aromatic heterocycles. The molecule has 0 spiro atoms. The van der Waals surface area contributed by atoms with Gasteiger partial charge in [-0.1, -0.05) is 31.9 Å². The van der Waals surface area contributed by atoms with Crippen molar-refractivity contribution in [3.05, 3.63) is 60.1 Å². The summed E-state index contributed by atoms with van der Waals surface area (Å²) in [7, 11) is 0. The zero-order valence-electron chi connectivity index (χ0n) is 16.6. The molecule has 1 N–H and O–H groups in total. The van der Waals surface area contributed by atoms with Crippen molar-refractivity contribution < 1.29 is 19.1 Å². The van der Waals surface area contributed by atoms with Crippen molar-refractivity contribution >= 4 is 22.7 Å². The highest BCUT2D eigenvalue weighted by atomic mass is 16.4. The number of carboxylic acids is 1. The Labute approximate surface area is 169 Å². The summed E-state index contributed by atoms with van der Waals surface area (Å²) in [5.74, 6) is -0.662. The minimum atomic E-state index is -0.977. The fourth-order valence-corrected chi connectivity index (χ4v) is 4.47. The topological polar surface area (TPSA) is 72.4 Å². The van der Waals surface area contributed by atoms with Crippen molar-refractivity contribution in [1.82, 2.24) is 4.57 Å². The number of ketones is 1. The molecule has 5 heteroatoms. The highest BCUT2D eigenvalue weighted by Gasteiger charge is 2.28. The molecule has 0 radical (unpaired) electrons. The molecule has 150 valence electrons. The van der Waals surface area contributed by atoms with Gasteiger partial charge in [-0.2, -0.15) is 0 Å². The number of aromatic nitrogens is 1. The Balaban J connectivity index is 2.02. The second-order valence-corrected chi connectivity index (χ2v) is 7.94. The number of rotatable bonds is 6. The first kappa shape index (κ1) is 19.2. The summed E-state index contributed by atoms with van der Waals surface area (Å²) >= 11 is 0. The van der Waals surface area contributed by atoms with E-state index in [-0.39, 0.29) is 17.9 Å². The molecule has 1 aliphatic carbocycles. The third kappa shape index (κ3) is 3.53. The Morgan fingerprint density at radius 2 is 1.97 bits per heavy atom. The second-order valence-electron chi connectivity index (χ2n) is 7.94. The van der Waals surface area contributed by atoms with E-state index >= 15 is 0 Å². The number of furan rings is 1. The van der Waals surface area contributed by atoms with Crippen LogP contribution in [0.15, 0.2) is 53.4 Å². The van der Waals surface area contributed by atoms with Gasteiger partial charge < -0.3 is 14.1 Å². The number of Topliss-reactive ketones (excluding diaryl/α,β-unsaturated/α-hetero) is 1. The van der Waals surface area contributed by atoms with Crippen LogP contribution < -0.4 is 0 Å². The predicted octanol–water partition coefficient (Wildman–Crippen LogP) is 5.79. The first-order chi connectivity index (χ1) is 14.0. The summed E-state index contributed by atoms with van der Waals surface area (Å²) < 4.78 is 7.32. The van der Waals surface area contributed by atoms with Gasteiger partial charge in [0.05, 0.1) is 35.8 Å². The molecule has 29 heavy (non-hydrogen) atoms. The summed E-state index contributed by atoms with van der Waals surface area (Å²) in [6.07, 6.45) is 9.12. The Morgan fingerprint density at radius 3 is 2.59 bits per heavy atom. The average molecular weight is 391 g/mol. The van der Waals surface area contributed by atoms with E-state index in [1.807, 2.05) is 16.7 Å². The van der Waals surface area contributed by atoms with Gasteiger partial charge in [0, 0.05) is 10.9 Å². The summed E-state index contributed by atoms with van der Waals surface area (Å²) in [6, 6.07) is 7.13. The number of carboxylic acid groups (broad SMARTS) is 1. The minimum absolute atomic E-state index is 0.0671. The molecular formula is C24H25NO4. The first-order valence-corrected chi connectivity index (χ1v) is 10.1. The molecule has 0 amide bonds. The summed E-state index contributed by atoms with van der Waals surface area (Å²) in [4.78, 5) is 24.2. The molecule has 1 aliphatic rings. The van der Waals surface area contributed by atoms with Gasteiger partial charge in [-0.05, 0) is 55.0 Å². The second kappa shape index (κ2) is 7.74. The number of hydrogen-bond acceptors (Lipinski definition) is 3. The molecule has 0 bridgehead atoms. The lowest BCUT2D eigenvalue weighted by Gasteiger charge is -2.23. The van der Waals surface area contributed by atoms with Gasteiger partial charge in [0.1, 0.15) is 0 Å². The molecule has 0 saturated heterocycles. The molecule has 1 aromatic carbocycles. The van der Waals surface area contributed by atoms with Gasteiger partial charge >= 0.3 is 5.97 Å². The van der Waals surface area contributed by atoms with Crippen molar-refractivity contribution in [2.45, 2.75) is 51.5 Å². The van der Waals surface area contributed by atoms with Gasteiger partial charge in [0.2, 0.25) is 0 Å². The maximum atomic E-state index is 12.6. The van der Waals surface area contributed by atoms with Crippen molar-refractivity contribution in [2.24, 2.45) is 0 Å². The molecule has 0 unspecified atom stereocenters. The fraction of sp³-hybridized carbons (Fsp3) is 0.333. The van der Waals surface area contributed by atoms with Crippen LogP contribution in [0.5, 0.6) is 0 Å². The predicted molar refractivity (Wildman–Crippen MR) is 112 cm³/mol. The number of aromatic carboxylic acids is 1. The van der Waals surface area contributed by atoms with E-state index in [2.05, 4.69) is 6.58 Å². The van der Waals surface area contributed by atoms with Crippen molar-refractivity contribution in [3.63, 3.8) is 0 Å². The Morgan fingerprint density at radius 1 is 1.21 bits per heavy atom. The molecule has 1 fully saturated rings. The van der Waals surface area contributed by atoms with E-state index < -0.39 is 5.97 Å². The SMILES string of the molecule is C=C(C)C(=O)Cn1c(-c2ccoc2)c(C2CCCCC2)c2ccc(C(=O)O)cc21. The number of fused-ring (bicyclic) bond motifs is 1. The molecule has 4 rings (SSSR count). The van der Waals surface area contributed by atoms with E-state index in [9.17, 15) is 14.7 Å². The minimum Gasteiger partial charge on any atom is -0.478 e. The van der Waals surface area contributed by atoms with Crippen LogP contribution in [0, 0.1) is 0 Å². The van der Waals surface area contributed by atoms with Crippen molar-refractivity contribution in [3.8, 4) is 11.3 Å². The first-order valence-electron chi connectivity index (χ1n) is 10.1. The molecule has 5 nitrogen and oxygen atoms in total.